The van der Waals surface area contributed by atoms with Gasteiger partial charge in [0.25, 0.3) is 0 Å². The molecule has 2 fully saturated rings. The summed E-state index contributed by atoms with van der Waals surface area (Å²) in [6, 6.07) is 5.96. The maximum Gasteiger partial charge on any atom is 0.416 e. The van der Waals surface area contributed by atoms with E-state index in [0.29, 0.717) is 42.3 Å². The van der Waals surface area contributed by atoms with Crippen LogP contribution in [0.4, 0.5) is 19.0 Å². The van der Waals surface area contributed by atoms with Crippen molar-refractivity contribution in [3.05, 3.63) is 48.2 Å². The zero-order valence-corrected chi connectivity index (χ0v) is 23.8. The number of imidazole rings is 1. The highest BCUT2D eigenvalue weighted by Gasteiger charge is 2.43. The van der Waals surface area contributed by atoms with Gasteiger partial charge in [-0.25, -0.2) is 15.0 Å². The Morgan fingerprint density at radius 3 is 2.67 bits per heavy atom. The Morgan fingerprint density at radius 1 is 1.12 bits per heavy atom. The lowest BCUT2D eigenvalue weighted by Gasteiger charge is -2.30. The first-order chi connectivity index (χ1) is 20.1. The molecule has 0 aliphatic heterocycles. The predicted molar refractivity (Wildman–Crippen MR) is 154 cm³/mol. The van der Waals surface area contributed by atoms with Gasteiger partial charge in [0.1, 0.15) is 29.7 Å². The molecule has 2 unspecified atom stereocenters. The first-order valence-corrected chi connectivity index (χ1v) is 14.8. The summed E-state index contributed by atoms with van der Waals surface area (Å²) in [5.74, 6) is 1.38. The largest absolute Gasteiger partial charge is 0.416 e. The molecule has 3 heterocycles. The van der Waals surface area contributed by atoms with Crippen molar-refractivity contribution in [2.75, 3.05) is 18.4 Å². The Morgan fingerprint density at radius 2 is 1.93 bits per heavy atom. The van der Waals surface area contributed by atoms with Gasteiger partial charge in [-0.15, -0.1) is 0 Å². The van der Waals surface area contributed by atoms with Crippen LogP contribution >= 0.6 is 0 Å². The second kappa shape index (κ2) is 11.5. The van der Waals surface area contributed by atoms with Crippen LogP contribution in [-0.4, -0.2) is 77.0 Å². The lowest BCUT2D eigenvalue weighted by Crippen LogP contribution is -2.40. The minimum absolute atomic E-state index is 0.103. The molecule has 4 atom stereocenters. The van der Waals surface area contributed by atoms with Gasteiger partial charge in [0.05, 0.1) is 34.1 Å². The van der Waals surface area contributed by atoms with Gasteiger partial charge in [-0.1, -0.05) is 0 Å². The van der Waals surface area contributed by atoms with Crippen LogP contribution in [0.15, 0.2) is 36.8 Å². The number of fused-ring (bicyclic) bond motifs is 2. The number of nitrogens with one attached hydrogen (secondary N) is 2. The molecule has 2 aliphatic rings. The number of nitrogens with zero attached hydrogens (tertiary/aromatic N) is 5. The van der Waals surface area contributed by atoms with E-state index in [-0.39, 0.29) is 18.0 Å². The van der Waals surface area contributed by atoms with E-state index in [2.05, 4.69) is 44.0 Å². The quantitative estimate of drug-likeness (QED) is 0.185. The Labute approximate surface area is 242 Å². The van der Waals surface area contributed by atoms with Crippen molar-refractivity contribution in [2.24, 2.45) is 5.92 Å². The summed E-state index contributed by atoms with van der Waals surface area (Å²) in [5.41, 5.74) is 0.991. The molecule has 42 heavy (non-hydrogen) atoms. The van der Waals surface area contributed by atoms with Crippen LogP contribution in [0, 0.1) is 5.92 Å². The van der Waals surface area contributed by atoms with Gasteiger partial charge in [0.15, 0.2) is 0 Å². The third-order valence-corrected chi connectivity index (χ3v) is 8.72. The second-order valence-electron chi connectivity index (χ2n) is 12.1. The average molecular weight is 586 g/mol. The number of H-pyrrole nitrogens is 1. The summed E-state index contributed by atoms with van der Waals surface area (Å²) in [6.07, 6.45) is 2.57. The smallest absolute Gasteiger partial charge is 0.390 e. The van der Waals surface area contributed by atoms with Crippen molar-refractivity contribution in [3.63, 3.8) is 0 Å². The SMILES string of the molecule is CC(C)N(CCCCc1nc2ccc(C(F)(F)F)cc2[nH]1)C[C@H]1CC(n2ccc3c(NC4CC4)ncnc32)C(O)[C@@H]1O. The molecule has 0 amide bonds. The van der Waals surface area contributed by atoms with Gasteiger partial charge in [-0.05, 0) is 76.8 Å². The minimum Gasteiger partial charge on any atom is -0.390 e. The highest BCUT2D eigenvalue weighted by atomic mass is 19.4. The Balaban J connectivity index is 1.06. The van der Waals surface area contributed by atoms with E-state index in [1.807, 2.05) is 16.8 Å². The number of aromatic amines is 1. The maximum absolute atomic E-state index is 13.0. The van der Waals surface area contributed by atoms with Crippen molar-refractivity contribution >= 4 is 27.9 Å². The van der Waals surface area contributed by atoms with Crippen LogP contribution in [-0.2, 0) is 12.6 Å². The van der Waals surface area contributed by atoms with Crippen molar-refractivity contribution in [3.8, 4) is 0 Å². The molecule has 4 aromatic rings. The molecule has 1 aromatic carbocycles. The third-order valence-electron chi connectivity index (χ3n) is 8.72. The number of hydrogen-bond donors (Lipinski definition) is 4. The average Bonchev–Trinajstić information content (AvgIpc) is 3.39. The number of alkyl halides is 3. The molecular formula is C30H38F3N7O2. The van der Waals surface area contributed by atoms with Crippen molar-refractivity contribution in [1.29, 1.82) is 0 Å². The number of aromatic nitrogens is 5. The zero-order valence-electron chi connectivity index (χ0n) is 23.8. The van der Waals surface area contributed by atoms with Crippen LogP contribution in [0.3, 0.4) is 0 Å². The summed E-state index contributed by atoms with van der Waals surface area (Å²) in [7, 11) is 0. The molecule has 0 bridgehead atoms. The standard InChI is InChI=1S/C30H38F3N7O2/c1-17(2)39(11-4-3-5-25-37-22-9-6-19(30(31,32)33)14-23(22)38-25)15-18-13-24(27(42)26(18)41)40-12-10-21-28(36-20-7-8-20)34-16-35-29(21)40/h6,9-10,12,14,16-18,20,24,26-27,41-42H,3-5,7-8,11,13,15H2,1-2H3,(H,37,38)(H,34,35,36)/t18-,24?,26-,27?/m1/s1. The number of rotatable bonds is 11. The molecule has 2 saturated carbocycles. The molecule has 9 nitrogen and oxygen atoms in total. The summed E-state index contributed by atoms with van der Waals surface area (Å²) >= 11 is 0. The lowest BCUT2D eigenvalue weighted by atomic mass is 10.0. The fraction of sp³-hybridized carbons (Fsp3) is 0.567. The molecule has 6 rings (SSSR count). The van der Waals surface area contributed by atoms with Crippen LogP contribution in [0.25, 0.3) is 22.1 Å². The molecule has 2 aliphatic carbocycles. The minimum atomic E-state index is -4.39. The molecule has 0 spiro atoms. The fourth-order valence-corrected chi connectivity index (χ4v) is 6.16. The molecule has 4 N–H and O–H groups in total. The number of aryl methyl sites for hydroxylation is 1. The Kier molecular flexibility index (Phi) is 7.88. The zero-order chi connectivity index (χ0) is 29.6. The second-order valence-corrected chi connectivity index (χ2v) is 12.1. The molecule has 0 saturated heterocycles. The number of anilines is 1. The van der Waals surface area contributed by atoms with Crippen LogP contribution in [0.5, 0.6) is 0 Å². The third kappa shape index (κ3) is 5.97. The Bertz CT molecular complexity index is 1530. The first-order valence-electron chi connectivity index (χ1n) is 14.8. The molecule has 12 heteroatoms. The highest BCUT2D eigenvalue weighted by Crippen LogP contribution is 2.39. The van der Waals surface area contributed by atoms with Crippen molar-refractivity contribution in [1.82, 2.24) is 29.4 Å². The van der Waals surface area contributed by atoms with E-state index >= 15 is 0 Å². The number of benzene rings is 1. The Hall–Kier alpha value is -3.22. The molecule has 3 aromatic heterocycles. The lowest BCUT2D eigenvalue weighted by molar-refractivity contribution is -0.137. The van der Waals surface area contributed by atoms with E-state index in [1.165, 1.54) is 6.07 Å². The predicted octanol–water partition coefficient (Wildman–Crippen LogP) is 4.92. The summed E-state index contributed by atoms with van der Waals surface area (Å²) in [4.78, 5) is 18.7. The van der Waals surface area contributed by atoms with E-state index < -0.39 is 23.9 Å². The number of halogens is 3. The monoisotopic (exact) mass is 585 g/mol. The summed E-state index contributed by atoms with van der Waals surface area (Å²) < 4.78 is 41.1. The van der Waals surface area contributed by atoms with Crippen LogP contribution < -0.4 is 5.32 Å². The summed E-state index contributed by atoms with van der Waals surface area (Å²) in [5, 5.41) is 26.5. The molecule has 0 radical (unpaired) electrons. The van der Waals surface area contributed by atoms with Gasteiger partial charge < -0.3 is 30.0 Å². The van der Waals surface area contributed by atoms with Gasteiger partial charge in [0, 0.05) is 37.2 Å². The van der Waals surface area contributed by atoms with Crippen molar-refractivity contribution < 1.29 is 23.4 Å². The summed E-state index contributed by atoms with van der Waals surface area (Å²) in [6.45, 7) is 5.70. The first kappa shape index (κ1) is 28.9. The van der Waals surface area contributed by atoms with Crippen LogP contribution in [0.2, 0.25) is 0 Å². The van der Waals surface area contributed by atoms with Gasteiger partial charge in [-0.2, -0.15) is 13.2 Å². The topological polar surface area (TPSA) is 115 Å². The van der Waals surface area contributed by atoms with E-state index in [0.717, 1.165) is 61.2 Å². The number of unbranched alkanes of at least 4 members (excludes halogenated alkanes) is 1. The maximum atomic E-state index is 13.0. The van der Waals surface area contributed by atoms with Gasteiger partial charge >= 0.3 is 6.18 Å². The van der Waals surface area contributed by atoms with E-state index in [1.54, 1.807) is 6.33 Å². The van der Waals surface area contributed by atoms with Crippen LogP contribution in [0.1, 0.15) is 63.4 Å². The van der Waals surface area contributed by atoms with E-state index in [4.69, 9.17) is 0 Å². The molecule has 226 valence electrons. The highest BCUT2D eigenvalue weighted by molar-refractivity contribution is 5.87. The number of aliphatic hydroxyl groups excluding tert-OH is 2. The number of hydrogen-bond acceptors (Lipinski definition) is 7. The molecular weight excluding hydrogens is 547 g/mol. The van der Waals surface area contributed by atoms with Gasteiger partial charge in [-0.3, -0.25) is 0 Å². The number of aliphatic hydroxyl groups is 2. The van der Waals surface area contributed by atoms with Crippen molar-refractivity contribution in [2.45, 2.75) is 88.9 Å². The van der Waals surface area contributed by atoms with E-state index in [9.17, 15) is 23.4 Å². The van der Waals surface area contributed by atoms with Gasteiger partial charge in [0.2, 0.25) is 0 Å². The normalized spacial score (nSPS) is 23.2. The fourth-order valence-electron chi connectivity index (χ4n) is 6.16.